The Morgan fingerprint density at radius 2 is 2.56 bits per heavy atom. The van der Waals surface area contributed by atoms with Crippen molar-refractivity contribution in [3.63, 3.8) is 0 Å². The third kappa shape index (κ3) is 2.39. The fourth-order valence-electron chi connectivity index (χ4n) is 1.65. The summed E-state index contributed by atoms with van der Waals surface area (Å²) in [5.74, 6) is 0. The number of amides is 1. The van der Waals surface area contributed by atoms with E-state index in [4.69, 9.17) is 4.74 Å². The molecule has 1 unspecified atom stereocenters. The van der Waals surface area contributed by atoms with Crippen LogP contribution in [0, 0.1) is 0 Å². The second-order valence-electron chi connectivity index (χ2n) is 3.72. The molecule has 1 saturated heterocycles. The van der Waals surface area contributed by atoms with Gasteiger partial charge in [-0.1, -0.05) is 12.6 Å². The molecule has 0 N–H and O–H groups in total. The number of hydrogen-bond acceptors (Lipinski definition) is 3. The van der Waals surface area contributed by atoms with Gasteiger partial charge in [-0.3, -0.25) is 4.98 Å². The standard InChI is InChI=1S/C12H14N2O2/c1-2-11-9-14(12(15)16-11)7-5-10-4-3-6-13-8-10/h2-4,6,8,11H,1,5,7,9H2. The first-order valence-corrected chi connectivity index (χ1v) is 5.26. The molecule has 0 aliphatic carbocycles. The van der Waals surface area contributed by atoms with Gasteiger partial charge < -0.3 is 9.64 Å². The fraction of sp³-hybridized carbons (Fsp3) is 0.333. The number of hydrogen-bond donors (Lipinski definition) is 0. The molecule has 2 heterocycles. The molecule has 1 fully saturated rings. The molecule has 2 rings (SSSR count). The number of carbonyl (C=O) groups is 1. The quantitative estimate of drug-likeness (QED) is 0.721. The van der Waals surface area contributed by atoms with Crippen LogP contribution in [-0.2, 0) is 11.2 Å². The zero-order chi connectivity index (χ0) is 11.4. The molecule has 84 valence electrons. The molecule has 4 heteroatoms. The fourth-order valence-corrected chi connectivity index (χ4v) is 1.65. The molecular formula is C12H14N2O2. The van der Waals surface area contributed by atoms with Crippen LogP contribution in [0.15, 0.2) is 37.2 Å². The Kier molecular flexibility index (Phi) is 3.19. The van der Waals surface area contributed by atoms with Gasteiger partial charge in [0.15, 0.2) is 0 Å². The SMILES string of the molecule is C=CC1CN(CCc2cccnc2)C(=O)O1. The third-order valence-corrected chi connectivity index (χ3v) is 2.57. The van der Waals surface area contributed by atoms with Crippen molar-refractivity contribution in [3.8, 4) is 0 Å². The zero-order valence-corrected chi connectivity index (χ0v) is 9.00. The highest BCUT2D eigenvalue weighted by Crippen LogP contribution is 2.12. The van der Waals surface area contributed by atoms with Crippen molar-refractivity contribution in [1.29, 1.82) is 0 Å². The van der Waals surface area contributed by atoms with Gasteiger partial charge in [0, 0.05) is 18.9 Å². The molecule has 0 radical (unpaired) electrons. The van der Waals surface area contributed by atoms with Gasteiger partial charge in [-0.25, -0.2) is 4.79 Å². The van der Waals surface area contributed by atoms with Crippen LogP contribution in [0.4, 0.5) is 4.79 Å². The summed E-state index contributed by atoms with van der Waals surface area (Å²) in [6.07, 6.45) is 5.58. The van der Waals surface area contributed by atoms with E-state index in [0.29, 0.717) is 13.1 Å². The zero-order valence-electron chi connectivity index (χ0n) is 9.00. The lowest BCUT2D eigenvalue weighted by atomic mass is 10.2. The van der Waals surface area contributed by atoms with E-state index < -0.39 is 0 Å². The van der Waals surface area contributed by atoms with Crippen molar-refractivity contribution in [2.24, 2.45) is 0 Å². The molecule has 0 bridgehead atoms. The van der Waals surface area contributed by atoms with E-state index in [0.717, 1.165) is 12.0 Å². The van der Waals surface area contributed by atoms with E-state index in [2.05, 4.69) is 11.6 Å². The van der Waals surface area contributed by atoms with Crippen molar-refractivity contribution in [2.75, 3.05) is 13.1 Å². The first kappa shape index (κ1) is 10.7. The summed E-state index contributed by atoms with van der Waals surface area (Å²) in [7, 11) is 0. The maximum Gasteiger partial charge on any atom is 0.410 e. The highest BCUT2D eigenvalue weighted by Gasteiger charge is 2.28. The number of rotatable bonds is 4. The van der Waals surface area contributed by atoms with Crippen LogP contribution >= 0.6 is 0 Å². The summed E-state index contributed by atoms with van der Waals surface area (Å²) in [5.41, 5.74) is 1.12. The van der Waals surface area contributed by atoms with E-state index >= 15 is 0 Å². The van der Waals surface area contributed by atoms with Gasteiger partial charge in [0.05, 0.1) is 6.54 Å². The van der Waals surface area contributed by atoms with Crippen molar-refractivity contribution in [1.82, 2.24) is 9.88 Å². The molecule has 1 atom stereocenters. The Morgan fingerprint density at radius 1 is 1.69 bits per heavy atom. The largest absolute Gasteiger partial charge is 0.440 e. The Balaban J connectivity index is 1.87. The summed E-state index contributed by atoms with van der Waals surface area (Å²) in [6, 6.07) is 3.89. The highest BCUT2D eigenvalue weighted by molar-refractivity contribution is 5.70. The minimum atomic E-state index is -0.256. The second kappa shape index (κ2) is 4.79. The monoisotopic (exact) mass is 218 g/mol. The molecule has 16 heavy (non-hydrogen) atoms. The average molecular weight is 218 g/mol. The molecule has 0 aromatic carbocycles. The van der Waals surface area contributed by atoms with E-state index in [9.17, 15) is 4.79 Å². The van der Waals surface area contributed by atoms with E-state index in [1.165, 1.54) is 0 Å². The topological polar surface area (TPSA) is 42.4 Å². The van der Waals surface area contributed by atoms with Crippen LogP contribution in [0.1, 0.15) is 5.56 Å². The molecule has 1 aromatic rings. The molecule has 1 aliphatic heterocycles. The number of cyclic esters (lactones) is 1. The predicted molar refractivity (Wildman–Crippen MR) is 60.0 cm³/mol. The molecule has 1 amide bonds. The smallest absolute Gasteiger partial charge is 0.410 e. The van der Waals surface area contributed by atoms with Gasteiger partial charge in [0.2, 0.25) is 0 Å². The van der Waals surface area contributed by atoms with Crippen molar-refractivity contribution >= 4 is 6.09 Å². The van der Waals surface area contributed by atoms with Gasteiger partial charge in [-0.2, -0.15) is 0 Å². The maximum atomic E-state index is 11.4. The predicted octanol–water partition coefficient (Wildman–Crippen LogP) is 1.63. The number of pyridine rings is 1. The van der Waals surface area contributed by atoms with Gasteiger partial charge in [0.1, 0.15) is 6.10 Å². The first-order valence-electron chi connectivity index (χ1n) is 5.26. The number of nitrogens with zero attached hydrogens (tertiary/aromatic N) is 2. The van der Waals surface area contributed by atoms with Gasteiger partial charge in [0.25, 0.3) is 0 Å². The number of ether oxygens (including phenoxy) is 1. The number of carbonyl (C=O) groups excluding carboxylic acids is 1. The van der Waals surface area contributed by atoms with E-state index in [-0.39, 0.29) is 12.2 Å². The Labute approximate surface area is 94.5 Å². The van der Waals surface area contributed by atoms with Crippen LogP contribution < -0.4 is 0 Å². The average Bonchev–Trinajstić information content (AvgIpc) is 2.69. The lowest BCUT2D eigenvalue weighted by molar-refractivity contribution is 0.145. The van der Waals surface area contributed by atoms with Gasteiger partial charge in [-0.05, 0) is 24.1 Å². The Hall–Kier alpha value is -1.84. The Morgan fingerprint density at radius 3 is 3.19 bits per heavy atom. The van der Waals surface area contributed by atoms with Crippen LogP contribution in [-0.4, -0.2) is 35.2 Å². The molecular weight excluding hydrogens is 204 g/mol. The van der Waals surface area contributed by atoms with E-state index in [1.54, 1.807) is 17.2 Å². The van der Waals surface area contributed by atoms with Crippen LogP contribution in [0.25, 0.3) is 0 Å². The first-order chi connectivity index (χ1) is 7.79. The lowest BCUT2D eigenvalue weighted by Crippen LogP contribution is -2.27. The summed E-state index contributed by atoms with van der Waals surface area (Å²) in [4.78, 5) is 17.1. The third-order valence-electron chi connectivity index (χ3n) is 2.57. The molecule has 4 nitrogen and oxygen atoms in total. The Bertz CT molecular complexity index is 378. The minimum absolute atomic E-state index is 0.165. The lowest BCUT2D eigenvalue weighted by Gasteiger charge is -2.11. The van der Waals surface area contributed by atoms with Crippen LogP contribution in [0.5, 0.6) is 0 Å². The molecule has 0 saturated carbocycles. The molecule has 0 spiro atoms. The van der Waals surface area contributed by atoms with Crippen molar-refractivity contribution in [3.05, 3.63) is 42.7 Å². The van der Waals surface area contributed by atoms with Crippen LogP contribution in [0.2, 0.25) is 0 Å². The summed E-state index contributed by atoms with van der Waals surface area (Å²) < 4.78 is 5.06. The maximum absolute atomic E-state index is 11.4. The molecule has 1 aromatic heterocycles. The van der Waals surface area contributed by atoms with Crippen molar-refractivity contribution < 1.29 is 9.53 Å². The second-order valence-corrected chi connectivity index (χ2v) is 3.72. The number of aromatic nitrogens is 1. The molecule has 1 aliphatic rings. The van der Waals surface area contributed by atoms with Gasteiger partial charge in [-0.15, -0.1) is 0 Å². The summed E-state index contributed by atoms with van der Waals surface area (Å²) in [6.45, 7) is 4.88. The van der Waals surface area contributed by atoms with Gasteiger partial charge >= 0.3 is 6.09 Å². The highest BCUT2D eigenvalue weighted by atomic mass is 16.6. The summed E-state index contributed by atoms with van der Waals surface area (Å²) >= 11 is 0. The van der Waals surface area contributed by atoms with E-state index in [1.807, 2.05) is 18.3 Å². The van der Waals surface area contributed by atoms with Crippen molar-refractivity contribution in [2.45, 2.75) is 12.5 Å². The summed E-state index contributed by atoms with van der Waals surface area (Å²) in [5, 5.41) is 0. The minimum Gasteiger partial charge on any atom is -0.440 e. The normalized spacial score (nSPS) is 19.6. The van der Waals surface area contributed by atoms with Crippen LogP contribution in [0.3, 0.4) is 0 Å².